The molecule has 4 aromatic rings. The zero-order valence-corrected chi connectivity index (χ0v) is 12.3. The number of fused-ring (bicyclic) bond motifs is 4. The van der Waals surface area contributed by atoms with Gasteiger partial charge < -0.3 is 9.52 Å². The third-order valence-electron chi connectivity index (χ3n) is 4.64. The van der Waals surface area contributed by atoms with Gasteiger partial charge in [-0.05, 0) is 30.4 Å². The van der Waals surface area contributed by atoms with Crippen LogP contribution in [0, 0.1) is 0 Å². The highest BCUT2D eigenvalue weighted by Crippen LogP contribution is 2.41. The van der Waals surface area contributed by atoms with E-state index in [4.69, 9.17) is 4.42 Å². The first-order chi connectivity index (χ1) is 11.3. The molecule has 4 heteroatoms. The van der Waals surface area contributed by atoms with Gasteiger partial charge in [-0.2, -0.15) is 5.10 Å². The Morgan fingerprint density at radius 3 is 2.91 bits per heavy atom. The molecule has 2 heterocycles. The van der Waals surface area contributed by atoms with Crippen molar-refractivity contribution in [3.05, 3.63) is 59.9 Å². The lowest BCUT2D eigenvalue weighted by Crippen LogP contribution is -2.01. The molecule has 4 nitrogen and oxygen atoms in total. The third kappa shape index (κ3) is 1.69. The van der Waals surface area contributed by atoms with Gasteiger partial charge in [-0.15, -0.1) is 0 Å². The van der Waals surface area contributed by atoms with E-state index in [2.05, 4.69) is 10.2 Å². The number of phenols is 1. The van der Waals surface area contributed by atoms with Crippen LogP contribution in [0.25, 0.3) is 33.5 Å². The molecule has 23 heavy (non-hydrogen) atoms. The van der Waals surface area contributed by atoms with E-state index < -0.39 is 0 Å². The number of hydrogen-bond donors (Lipinski definition) is 2. The van der Waals surface area contributed by atoms with E-state index in [-0.39, 0.29) is 5.75 Å². The molecule has 1 aliphatic carbocycles. The number of rotatable bonds is 1. The van der Waals surface area contributed by atoms with Crippen molar-refractivity contribution in [3.8, 4) is 28.5 Å². The van der Waals surface area contributed by atoms with Crippen molar-refractivity contribution in [2.75, 3.05) is 0 Å². The number of furan rings is 1. The Balaban J connectivity index is 1.74. The molecular formula is C19H14N2O2. The van der Waals surface area contributed by atoms with Gasteiger partial charge in [0.05, 0.1) is 12.0 Å². The van der Waals surface area contributed by atoms with Gasteiger partial charge in [0.1, 0.15) is 11.4 Å². The van der Waals surface area contributed by atoms with Crippen molar-refractivity contribution in [2.45, 2.75) is 12.8 Å². The first-order valence-electron chi connectivity index (χ1n) is 7.68. The summed E-state index contributed by atoms with van der Waals surface area (Å²) in [5.74, 6) is 1.15. The van der Waals surface area contributed by atoms with Gasteiger partial charge in [0, 0.05) is 22.1 Å². The van der Waals surface area contributed by atoms with Gasteiger partial charge in [0.15, 0.2) is 5.76 Å². The number of aryl methyl sites for hydroxylation is 1. The number of aromatic amines is 1. The Hall–Kier alpha value is -3.01. The molecule has 2 aromatic carbocycles. The third-order valence-corrected chi connectivity index (χ3v) is 4.64. The van der Waals surface area contributed by atoms with Crippen LogP contribution in [0.1, 0.15) is 11.1 Å². The Morgan fingerprint density at radius 2 is 1.96 bits per heavy atom. The molecule has 2 N–H and O–H groups in total. The summed E-state index contributed by atoms with van der Waals surface area (Å²) in [4.78, 5) is 0. The van der Waals surface area contributed by atoms with E-state index in [9.17, 15) is 5.11 Å². The highest BCUT2D eigenvalue weighted by Gasteiger charge is 2.26. The molecule has 0 fully saturated rings. The average molecular weight is 302 g/mol. The van der Waals surface area contributed by atoms with Crippen molar-refractivity contribution in [1.82, 2.24) is 10.2 Å². The molecule has 0 unspecified atom stereocenters. The fourth-order valence-electron chi connectivity index (χ4n) is 3.48. The fraction of sp³-hybridized carbons (Fsp3) is 0.105. The van der Waals surface area contributed by atoms with E-state index in [1.807, 2.05) is 42.5 Å². The van der Waals surface area contributed by atoms with Crippen LogP contribution in [0.4, 0.5) is 0 Å². The van der Waals surface area contributed by atoms with E-state index in [0.29, 0.717) is 0 Å². The zero-order chi connectivity index (χ0) is 15.4. The molecule has 1 aliphatic rings. The Labute approximate surface area is 132 Å². The van der Waals surface area contributed by atoms with Gasteiger partial charge >= 0.3 is 0 Å². The van der Waals surface area contributed by atoms with Crippen molar-refractivity contribution >= 4 is 10.8 Å². The minimum atomic E-state index is 0.280. The number of benzene rings is 2. The summed E-state index contributed by atoms with van der Waals surface area (Å²) >= 11 is 0. The summed E-state index contributed by atoms with van der Waals surface area (Å²) in [5, 5.41) is 20.1. The number of nitrogens with one attached hydrogen (secondary N) is 1. The maximum atomic E-state index is 10.7. The number of aromatic nitrogens is 2. The Kier molecular flexibility index (Phi) is 2.45. The summed E-state index contributed by atoms with van der Waals surface area (Å²) in [6.07, 6.45) is 3.54. The topological polar surface area (TPSA) is 62.1 Å². The van der Waals surface area contributed by atoms with E-state index in [0.717, 1.165) is 51.9 Å². The van der Waals surface area contributed by atoms with Gasteiger partial charge in [0.25, 0.3) is 0 Å². The molecule has 0 saturated carbocycles. The van der Waals surface area contributed by atoms with Crippen LogP contribution in [-0.4, -0.2) is 15.3 Å². The van der Waals surface area contributed by atoms with Crippen LogP contribution >= 0.6 is 0 Å². The van der Waals surface area contributed by atoms with Gasteiger partial charge in [-0.1, -0.05) is 30.3 Å². The van der Waals surface area contributed by atoms with Crippen LogP contribution in [0.2, 0.25) is 0 Å². The van der Waals surface area contributed by atoms with Crippen LogP contribution < -0.4 is 0 Å². The number of hydrogen-bond acceptors (Lipinski definition) is 3. The van der Waals surface area contributed by atoms with Gasteiger partial charge in [-0.3, -0.25) is 5.10 Å². The largest absolute Gasteiger partial charge is 0.507 e. The summed E-state index contributed by atoms with van der Waals surface area (Å²) < 4.78 is 5.60. The molecule has 0 radical (unpaired) electrons. The molecule has 112 valence electrons. The summed E-state index contributed by atoms with van der Waals surface area (Å²) in [6.45, 7) is 0. The molecule has 2 aromatic heterocycles. The quantitative estimate of drug-likeness (QED) is 0.551. The van der Waals surface area contributed by atoms with Crippen LogP contribution in [-0.2, 0) is 12.8 Å². The van der Waals surface area contributed by atoms with Crippen LogP contribution in [0.3, 0.4) is 0 Å². The molecule has 0 amide bonds. The van der Waals surface area contributed by atoms with Crippen LogP contribution in [0.15, 0.2) is 53.1 Å². The SMILES string of the molecule is Oc1c(-c2n[nH]c3c2CCc2ccoc2-3)ccc2ccccc12. The Bertz CT molecular complexity index is 1040. The minimum absolute atomic E-state index is 0.280. The number of phenolic OH excluding ortho intramolecular Hbond substituents is 1. The molecular weight excluding hydrogens is 288 g/mol. The van der Waals surface area contributed by atoms with Crippen molar-refractivity contribution in [1.29, 1.82) is 0 Å². The first kappa shape index (κ1) is 12.5. The zero-order valence-electron chi connectivity index (χ0n) is 12.3. The standard InChI is InChI=1S/C19H14N2O2/c22-18-13-4-2-1-3-11(13)5-8-15(18)16-14-7-6-12-9-10-23-19(12)17(14)21-20-16/h1-5,8-10,22H,6-7H2,(H,20,21). The first-order valence-corrected chi connectivity index (χ1v) is 7.68. The maximum Gasteiger partial charge on any atom is 0.155 e. The second kappa shape index (κ2) is 4.49. The lowest BCUT2D eigenvalue weighted by molar-refractivity contribution is 0.483. The predicted molar refractivity (Wildman–Crippen MR) is 88.3 cm³/mol. The van der Waals surface area contributed by atoms with Crippen LogP contribution in [0.5, 0.6) is 5.75 Å². The minimum Gasteiger partial charge on any atom is -0.507 e. The van der Waals surface area contributed by atoms with E-state index >= 15 is 0 Å². The van der Waals surface area contributed by atoms with Crippen molar-refractivity contribution in [2.24, 2.45) is 0 Å². The molecule has 0 saturated heterocycles. The summed E-state index contributed by atoms with van der Waals surface area (Å²) in [5.41, 5.74) is 4.81. The highest BCUT2D eigenvalue weighted by atomic mass is 16.3. The number of H-pyrrole nitrogens is 1. The molecule has 0 atom stereocenters. The second-order valence-electron chi connectivity index (χ2n) is 5.88. The predicted octanol–water partition coefficient (Wildman–Crippen LogP) is 4.29. The maximum absolute atomic E-state index is 10.7. The smallest absolute Gasteiger partial charge is 0.155 e. The highest BCUT2D eigenvalue weighted by molar-refractivity contribution is 5.95. The average Bonchev–Trinajstić information content (AvgIpc) is 3.21. The normalized spacial score (nSPS) is 13.0. The Morgan fingerprint density at radius 1 is 1.04 bits per heavy atom. The lowest BCUT2D eigenvalue weighted by atomic mass is 9.92. The number of aromatic hydroxyl groups is 1. The molecule has 5 rings (SSSR count). The second-order valence-corrected chi connectivity index (χ2v) is 5.88. The van der Waals surface area contributed by atoms with Crippen molar-refractivity contribution < 1.29 is 9.52 Å². The monoisotopic (exact) mass is 302 g/mol. The fourth-order valence-corrected chi connectivity index (χ4v) is 3.48. The van der Waals surface area contributed by atoms with E-state index in [1.54, 1.807) is 6.26 Å². The molecule has 0 aliphatic heterocycles. The van der Waals surface area contributed by atoms with E-state index in [1.165, 1.54) is 5.56 Å². The molecule has 0 spiro atoms. The number of nitrogens with zero attached hydrogens (tertiary/aromatic N) is 1. The summed E-state index contributed by atoms with van der Waals surface area (Å²) in [6, 6.07) is 13.8. The lowest BCUT2D eigenvalue weighted by Gasteiger charge is -2.12. The van der Waals surface area contributed by atoms with Gasteiger partial charge in [0.2, 0.25) is 0 Å². The molecule has 0 bridgehead atoms. The van der Waals surface area contributed by atoms with Gasteiger partial charge in [-0.25, -0.2) is 0 Å². The summed E-state index contributed by atoms with van der Waals surface area (Å²) in [7, 11) is 0. The van der Waals surface area contributed by atoms with Crippen molar-refractivity contribution in [3.63, 3.8) is 0 Å².